The van der Waals surface area contributed by atoms with Crippen LogP contribution >= 0.6 is 0 Å². The highest BCUT2D eigenvalue weighted by Crippen LogP contribution is 2.42. The molecule has 1 atom stereocenters. The summed E-state index contributed by atoms with van der Waals surface area (Å²) in [6.45, 7) is 7.19. The number of nitrogens with zero attached hydrogens (tertiary/aromatic N) is 4. The molecule has 1 saturated heterocycles. The summed E-state index contributed by atoms with van der Waals surface area (Å²) in [4.78, 5) is 26.4. The molecule has 2 aromatic carbocycles. The van der Waals surface area contributed by atoms with Gasteiger partial charge in [-0.05, 0) is 67.5 Å². The number of piperazine rings is 1. The van der Waals surface area contributed by atoms with E-state index in [0.29, 0.717) is 30.9 Å². The Kier molecular flexibility index (Phi) is 7.98. The zero-order valence-corrected chi connectivity index (χ0v) is 22.8. The van der Waals surface area contributed by atoms with Gasteiger partial charge in [0.1, 0.15) is 5.75 Å². The Labute approximate surface area is 225 Å². The molecular formula is C30H40N6O2. The van der Waals surface area contributed by atoms with Crippen LogP contribution in [0.25, 0.3) is 10.9 Å². The highest BCUT2D eigenvalue weighted by Gasteiger charge is 2.26. The van der Waals surface area contributed by atoms with Crippen LogP contribution in [0, 0.1) is 5.92 Å². The van der Waals surface area contributed by atoms with E-state index in [0.717, 1.165) is 47.5 Å². The van der Waals surface area contributed by atoms with Gasteiger partial charge in [0.2, 0.25) is 11.9 Å². The second-order valence-electron chi connectivity index (χ2n) is 11.0. The van der Waals surface area contributed by atoms with E-state index < -0.39 is 6.04 Å². The van der Waals surface area contributed by atoms with Crippen molar-refractivity contribution in [1.82, 2.24) is 14.9 Å². The summed E-state index contributed by atoms with van der Waals surface area (Å²) in [5.74, 6) is 2.48. The van der Waals surface area contributed by atoms with Crippen LogP contribution in [0.1, 0.15) is 57.4 Å². The number of methoxy groups -OCH3 is 1. The Morgan fingerprint density at radius 2 is 1.79 bits per heavy atom. The number of benzene rings is 2. The smallest absolute Gasteiger partial charge is 0.239 e. The molecule has 3 N–H and O–H groups in total. The first-order valence-corrected chi connectivity index (χ1v) is 13.9. The summed E-state index contributed by atoms with van der Waals surface area (Å²) in [5, 5.41) is 4.42. The van der Waals surface area contributed by atoms with Gasteiger partial charge in [0.15, 0.2) is 0 Å². The van der Waals surface area contributed by atoms with E-state index in [1.807, 2.05) is 23.2 Å². The third-order valence-corrected chi connectivity index (χ3v) is 7.86. The van der Waals surface area contributed by atoms with Gasteiger partial charge in [0.25, 0.3) is 0 Å². The van der Waals surface area contributed by atoms with Gasteiger partial charge in [-0.1, -0.05) is 26.7 Å². The molecule has 1 aliphatic carbocycles. The van der Waals surface area contributed by atoms with Crippen molar-refractivity contribution in [2.24, 2.45) is 11.7 Å². The summed E-state index contributed by atoms with van der Waals surface area (Å²) < 4.78 is 5.73. The standard InChI is InChI=1S/C30H40N6O2/c1-20(2)18-25(31)29(37)36-16-14-35(15-17-36)24-11-9-23(10-12-24)33-30-32-19-22-8-13-26(38-3)27(28(22)34-30)21-6-4-5-7-21/h8-13,19-21,25H,4-7,14-18,31H2,1-3H3,(H,32,33,34). The van der Waals surface area contributed by atoms with Gasteiger partial charge in [0, 0.05) is 54.7 Å². The van der Waals surface area contributed by atoms with Crippen molar-refractivity contribution in [3.05, 3.63) is 48.2 Å². The summed E-state index contributed by atoms with van der Waals surface area (Å²) in [7, 11) is 1.74. The van der Waals surface area contributed by atoms with Crippen molar-refractivity contribution < 1.29 is 9.53 Å². The molecule has 2 fully saturated rings. The molecule has 38 heavy (non-hydrogen) atoms. The maximum Gasteiger partial charge on any atom is 0.239 e. The molecule has 3 aromatic rings. The lowest BCUT2D eigenvalue weighted by Gasteiger charge is -2.37. The van der Waals surface area contributed by atoms with E-state index in [1.165, 1.54) is 31.2 Å². The van der Waals surface area contributed by atoms with Crippen LogP contribution < -0.4 is 20.7 Å². The van der Waals surface area contributed by atoms with Crippen LogP contribution in [-0.4, -0.2) is 60.1 Å². The number of hydrogen-bond donors (Lipinski definition) is 2. The first kappa shape index (κ1) is 26.2. The number of nitrogens with two attached hydrogens (primary N) is 1. The van der Waals surface area contributed by atoms with Crippen LogP contribution in [0.5, 0.6) is 5.75 Å². The van der Waals surface area contributed by atoms with Crippen LogP contribution in [0.2, 0.25) is 0 Å². The molecule has 8 nitrogen and oxygen atoms in total. The first-order chi connectivity index (χ1) is 18.4. The summed E-state index contributed by atoms with van der Waals surface area (Å²) in [5.41, 5.74) is 10.4. The van der Waals surface area contributed by atoms with Gasteiger partial charge in [-0.15, -0.1) is 0 Å². The molecule has 0 radical (unpaired) electrons. The first-order valence-electron chi connectivity index (χ1n) is 13.9. The third-order valence-electron chi connectivity index (χ3n) is 7.86. The van der Waals surface area contributed by atoms with E-state index in [2.05, 4.69) is 53.3 Å². The Hall–Kier alpha value is -3.39. The van der Waals surface area contributed by atoms with Crippen LogP contribution in [0.4, 0.5) is 17.3 Å². The number of carbonyl (C=O) groups is 1. The van der Waals surface area contributed by atoms with E-state index in [-0.39, 0.29) is 5.91 Å². The molecule has 0 bridgehead atoms. The second kappa shape index (κ2) is 11.6. The van der Waals surface area contributed by atoms with Gasteiger partial charge in [0.05, 0.1) is 18.7 Å². The van der Waals surface area contributed by atoms with Gasteiger partial charge in [-0.2, -0.15) is 0 Å². The second-order valence-corrected chi connectivity index (χ2v) is 11.0. The number of amides is 1. The minimum atomic E-state index is -0.403. The van der Waals surface area contributed by atoms with Crippen LogP contribution in [0.15, 0.2) is 42.6 Å². The number of rotatable bonds is 8. The van der Waals surface area contributed by atoms with Crippen LogP contribution in [-0.2, 0) is 4.79 Å². The number of anilines is 3. The molecule has 2 heterocycles. The summed E-state index contributed by atoms with van der Waals surface area (Å²) in [6.07, 6.45) is 7.48. The van der Waals surface area contributed by atoms with Crippen molar-refractivity contribution in [2.75, 3.05) is 43.5 Å². The van der Waals surface area contributed by atoms with Gasteiger partial charge >= 0.3 is 0 Å². The monoisotopic (exact) mass is 516 g/mol. The van der Waals surface area contributed by atoms with Crippen LogP contribution in [0.3, 0.4) is 0 Å². The zero-order chi connectivity index (χ0) is 26.6. The number of hydrogen-bond acceptors (Lipinski definition) is 7. The van der Waals surface area contributed by atoms with E-state index in [4.69, 9.17) is 15.5 Å². The lowest BCUT2D eigenvalue weighted by Crippen LogP contribution is -2.53. The van der Waals surface area contributed by atoms with Gasteiger partial charge < -0.3 is 25.6 Å². The van der Waals surface area contributed by atoms with Crippen molar-refractivity contribution in [3.63, 3.8) is 0 Å². The largest absolute Gasteiger partial charge is 0.496 e. The molecule has 1 saturated carbocycles. The molecule has 1 amide bonds. The Morgan fingerprint density at radius 3 is 2.45 bits per heavy atom. The Morgan fingerprint density at radius 1 is 1.08 bits per heavy atom. The molecule has 2 aliphatic rings. The number of ether oxygens (including phenoxy) is 1. The Balaban J connectivity index is 1.25. The van der Waals surface area contributed by atoms with Gasteiger partial charge in [-0.3, -0.25) is 4.79 Å². The van der Waals surface area contributed by atoms with Crippen molar-refractivity contribution in [2.45, 2.75) is 57.9 Å². The molecule has 202 valence electrons. The highest BCUT2D eigenvalue weighted by molar-refractivity contribution is 5.85. The maximum absolute atomic E-state index is 12.7. The number of fused-ring (bicyclic) bond motifs is 1. The Bertz CT molecular complexity index is 1250. The average molecular weight is 517 g/mol. The van der Waals surface area contributed by atoms with Crippen molar-refractivity contribution >= 4 is 34.1 Å². The van der Waals surface area contributed by atoms with Crippen molar-refractivity contribution in [1.29, 1.82) is 0 Å². The third kappa shape index (κ3) is 5.70. The topological polar surface area (TPSA) is 96.6 Å². The highest BCUT2D eigenvalue weighted by atomic mass is 16.5. The molecule has 8 heteroatoms. The lowest BCUT2D eigenvalue weighted by atomic mass is 9.94. The van der Waals surface area contributed by atoms with Crippen molar-refractivity contribution in [3.8, 4) is 5.75 Å². The normalized spacial score (nSPS) is 17.3. The van der Waals surface area contributed by atoms with E-state index >= 15 is 0 Å². The summed E-state index contributed by atoms with van der Waals surface area (Å²) in [6, 6.07) is 12.0. The van der Waals surface area contributed by atoms with Gasteiger partial charge in [-0.25, -0.2) is 9.97 Å². The molecular weight excluding hydrogens is 476 g/mol. The fourth-order valence-electron chi connectivity index (χ4n) is 5.86. The number of aromatic nitrogens is 2. The van der Waals surface area contributed by atoms with E-state index in [9.17, 15) is 4.79 Å². The fraction of sp³-hybridized carbons (Fsp3) is 0.500. The zero-order valence-electron chi connectivity index (χ0n) is 22.8. The maximum atomic E-state index is 12.7. The number of carbonyl (C=O) groups excluding carboxylic acids is 1. The summed E-state index contributed by atoms with van der Waals surface area (Å²) >= 11 is 0. The number of nitrogens with one attached hydrogen (secondary N) is 1. The molecule has 0 spiro atoms. The lowest BCUT2D eigenvalue weighted by molar-refractivity contribution is -0.133. The molecule has 1 aliphatic heterocycles. The minimum Gasteiger partial charge on any atom is -0.496 e. The minimum absolute atomic E-state index is 0.0713. The molecule has 5 rings (SSSR count). The fourth-order valence-corrected chi connectivity index (χ4v) is 5.86. The van der Waals surface area contributed by atoms with E-state index in [1.54, 1.807) is 7.11 Å². The molecule has 1 unspecified atom stereocenters. The predicted octanol–water partition coefficient (Wildman–Crippen LogP) is 5.06. The predicted molar refractivity (Wildman–Crippen MR) is 153 cm³/mol. The SMILES string of the molecule is COc1ccc2cnc(Nc3ccc(N4CCN(C(=O)C(N)CC(C)C)CC4)cc3)nc2c1C1CCCC1. The quantitative estimate of drug-likeness (QED) is 0.432. The average Bonchev–Trinajstić information content (AvgIpc) is 3.47. The molecule has 1 aromatic heterocycles.